The molecular weight excluding hydrogens is 1360 g/mol. The van der Waals surface area contributed by atoms with E-state index in [1.165, 1.54) is 29.2 Å². The summed E-state index contributed by atoms with van der Waals surface area (Å²) < 4.78 is 110. The van der Waals surface area contributed by atoms with Crippen LogP contribution in [-0.4, -0.2) is 183 Å². The van der Waals surface area contributed by atoms with Gasteiger partial charge in [-0.3, -0.25) is 24.1 Å². The molecule has 3 aliphatic heterocycles. The van der Waals surface area contributed by atoms with Gasteiger partial charge in [0.25, 0.3) is 11.8 Å². The third-order valence-corrected chi connectivity index (χ3v) is 19.6. The summed E-state index contributed by atoms with van der Waals surface area (Å²) in [7, 11) is 5.20. The number of para-hydroxylation sites is 1. The molecule has 6 aromatic carbocycles. The first-order chi connectivity index (χ1) is 45.9. The van der Waals surface area contributed by atoms with Crippen molar-refractivity contribution in [3.8, 4) is 11.1 Å². The normalized spacial score (nSPS) is 17.7. The van der Waals surface area contributed by atoms with Crippen molar-refractivity contribution in [2.75, 3.05) is 117 Å². The van der Waals surface area contributed by atoms with Gasteiger partial charge in [0.15, 0.2) is 0 Å². The summed E-state index contributed by atoms with van der Waals surface area (Å²) in [5.41, 5.74) is 0.955. The van der Waals surface area contributed by atoms with Crippen LogP contribution in [0.2, 0.25) is 0 Å². The minimum atomic E-state index is -5.15. The standard InChI is InChI=1S/C73H83F7N8O8.3ClH/c1-82(42-43-85-35-29-60(30-36-85)88(69(93)94)63-19-12-10-17-61(63)51-14-6-4-7-15-51)65(89)20-8-5-13-34-81-59-27-21-52(22-28-59)67(91)84(3)41-40-83(2)66(90)48-95-64-46-53-16-9-11-18-62(53)70(64)31-37-86(38-32-70)39-33-71(55-23-25-58(74)26-24-55)49-87(50-96-71)68(92)54-44-56(72(75,76)77)47-57(45-54)73(78,79)80;;;/h4,6-7,9-12,14-19,21-28,44-45,47,60,64,81H,5,8,13,20,29-43,46,48-50H2,1-3H3,(H,93,94);3*1H/t64-,71+;;;/m0.../s1. The van der Waals surface area contributed by atoms with Gasteiger partial charge in [-0.1, -0.05) is 91.3 Å². The fourth-order valence-electron chi connectivity index (χ4n) is 13.9. The SMILES string of the molecule is CN(CCN1CCC(N(C(=O)O)c2ccccc2-c2ccccc2)CC1)C(=O)CCCCCNc1ccc(C(=O)N(C)CCN(C)C(=O)CO[C@H]2Cc3ccccc3C23CCN(CC[C@]2(c4ccc(F)cc4)CN(C(=O)c4cc(C(F)(F)F)cc(C(F)(F)F)c4)CO2)CC3)cc1.Cl.Cl.Cl. The van der Waals surface area contributed by atoms with Crippen LogP contribution in [0.5, 0.6) is 0 Å². The number of carboxylic acid groups (broad SMARTS) is 1. The lowest BCUT2D eigenvalue weighted by Gasteiger charge is -2.44. The van der Waals surface area contributed by atoms with E-state index < -0.39 is 64.6 Å². The van der Waals surface area contributed by atoms with E-state index in [1.54, 1.807) is 40.9 Å². The number of carbonyl (C=O) groups excluding carboxylic acids is 4. The number of anilines is 2. The van der Waals surface area contributed by atoms with E-state index >= 15 is 0 Å². The molecule has 10 rings (SSSR count). The highest BCUT2D eigenvalue weighted by Gasteiger charge is 2.50. The number of amides is 5. The van der Waals surface area contributed by atoms with Gasteiger partial charge in [0.2, 0.25) is 11.8 Å². The topological polar surface area (TPSA) is 159 Å². The Bertz CT molecular complexity index is 3650. The van der Waals surface area contributed by atoms with E-state index in [4.69, 9.17) is 9.47 Å². The van der Waals surface area contributed by atoms with Gasteiger partial charge >= 0.3 is 18.4 Å². The van der Waals surface area contributed by atoms with Crippen LogP contribution in [0.15, 0.2) is 146 Å². The van der Waals surface area contributed by atoms with Gasteiger partial charge in [0.05, 0.1) is 29.5 Å². The van der Waals surface area contributed by atoms with Gasteiger partial charge in [-0.2, -0.15) is 26.3 Å². The summed E-state index contributed by atoms with van der Waals surface area (Å²) in [5, 5.41) is 13.8. The van der Waals surface area contributed by atoms with E-state index in [9.17, 15) is 59.8 Å². The number of unbranched alkanes of at least 4 members (excludes halogenated alkanes) is 2. The van der Waals surface area contributed by atoms with E-state index in [1.807, 2.05) is 85.9 Å². The number of hydrogen-bond acceptors (Lipinski definition) is 10. The lowest BCUT2D eigenvalue weighted by Crippen LogP contribution is -2.50. The molecule has 0 aromatic heterocycles. The van der Waals surface area contributed by atoms with Crippen molar-refractivity contribution in [2.24, 2.45) is 0 Å². The molecule has 0 bridgehead atoms. The first kappa shape index (κ1) is 78.8. The highest BCUT2D eigenvalue weighted by atomic mass is 35.5. The lowest BCUT2D eigenvalue weighted by molar-refractivity contribution is -0.143. The number of benzene rings is 6. The molecule has 536 valence electrons. The zero-order valence-electron chi connectivity index (χ0n) is 55.6. The molecule has 99 heavy (non-hydrogen) atoms. The summed E-state index contributed by atoms with van der Waals surface area (Å²) >= 11 is 0. The van der Waals surface area contributed by atoms with Gasteiger partial charge in [0, 0.05) is 114 Å². The zero-order valence-corrected chi connectivity index (χ0v) is 58.0. The molecule has 5 amide bonds. The Morgan fingerprint density at radius 3 is 1.92 bits per heavy atom. The van der Waals surface area contributed by atoms with Gasteiger partial charge in [-0.15, -0.1) is 37.2 Å². The Hall–Kier alpha value is -7.51. The molecule has 2 N–H and O–H groups in total. The largest absolute Gasteiger partial charge is 0.465 e. The average molecular weight is 1440 g/mol. The molecule has 3 heterocycles. The van der Waals surface area contributed by atoms with Crippen molar-refractivity contribution in [3.63, 3.8) is 0 Å². The summed E-state index contributed by atoms with van der Waals surface area (Å²) in [6.45, 7) is 4.80. The molecular formula is C73H86Cl3F7N8O8. The van der Waals surface area contributed by atoms with Gasteiger partial charge < -0.3 is 49.3 Å². The van der Waals surface area contributed by atoms with Crippen molar-refractivity contribution in [1.82, 2.24) is 29.4 Å². The van der Waals surface area contributed by atoms with Crippen molar-refractivity contribution >= 4 is 78.3 Å². The molecule has 3 fully saturated rings. The minimum absolute atomic E-state index is 0. The number of piperidine rings is 2. The predicted octanol–water partition coefficient (Wildman–Crippen LogP) is 13.8. The summed E-state index contributed by atoms with van der Waals surface area (Å²) in [6.07, 6.45) is -5.11. The van der Waals surface area contributed by atoms with Crippen LogP contribution in [0, 0.1) is 5.82 Å². The second kappa shape index (κ2) is 34.7. The van der Waals surface area contributed by atoms with Crippen LogP contribution >= 0.6 is 37.2 Å². The van der Waals surface area contributed by atoms with Crippen molar-refractivity contribution < 1.29 is 69.3 Å². The minimum Gasteiger partial charge on any atom is -0.465 e. The number of likely N-dealkylation sites (tertiary alicyclic amines) is 2. The summed E-state index contributed by atoms with van der Waals surface area (Å²) in [6, 6.07) is 38.9. The lowest BCUT2D eigenvalue weighted by atomic mass is 9.72. The quantitative estimate of drug-likeness (QED) is 0.0415. The molecule has 26 heteroatoms. The van der Waals surface area contributed by atoms with Crippen LogP contribution in [0.4, 0.5) is 46.9 Å². The molecule has 16 nitrogen and oxygen atoms in total. The van der Waals surface area contributed by atoms with Gasteiger partial charge in [0.1, 0.15) is 24.8 Å². The number of likely N-dealkylation sites (N-methyl/N-ethyl adjacent to an activating group) is 3. The van der Waals surface area contributed by atoms with Gasteiger partial charge in [-0.05, 0) is 147 Å². The average Bonchev–Trinajstić information content (AvgIpc) is 1.61. The highest BCUT2D eigenvalue weighted by Crippen LogP contribution is 2.49. The number of ether oxygens (including phenoxy) is 2. The third-order valence-electron chi connectivity index (χ3n) is 19.6. The molecule has 1 aliphatic carbocycles. The van der Waals surface area contributed by atoms with Crippen LogP contribution in [0.3, 0.4) is 0 Å². The number of halogens is 10. The molecule has 4 aliphatic rings. The Morgan fingerprint density at radius 1 is 0.657 bits per heavy atom. The van der Waals surface area contributed by atoms with Crippen molar-refractivity contribution in [3.05, 3.63) is 190 Å². The predicted molar refractivity (Wildman–Crippen MR) is 373 cm³/mol. The smallest absolute Gasteiger partial charge is 0.416 e. The Labute approximate surface area is 592 Å². The Balaban J connectivity index is 0.00000459. The number of carbonyl (C=O) groups is 5. The molecule has 0 saturated carbocycles. The maximum absolute atomic E-state index is 14.2. The maximum Gasteiger partial charge on any atom is 0.416 e. The monoisotopic (exact) mass is 1440 g/mol. The first-order valence-electron chi connectivity index (χ1n) is 32.8. The van der Waals surface area contributed by atoms with E-state index in [0.717, 1.165) is 71.7 Å². The fraction of sp³-hybridized carbons (Fsp3) is 0.438. The number of alkyl halides is 6. The first-order valence-corrected chi connectivity index (χ1v) is 32.8. The molecule has 1 spiro atoms. The maximum atomic E-state index is 14.2. The Kier molecular flexibility index (Phi) is 27.6. The van der Waals surface area contributed by atoms with Crippen LogP contribution in [0.1, 0.15) is 106 Å². The number of rotatable bonds is 25. The summed E-state index contributed by atoms with van der Waals surface area (Å²) in [4.78, 5) is 78.7. The molecule has 2 atom stereocenters. The van der Waals surface area contributed by atoms with E-state index in [0.29, 0.717) is 100 Å². The zero-order chi connectivity index (χ0) is 68.4. The van der Waals surface area contributed by atoms with Gasteiger partial charge in [-0.25, -0.2) is 9.18 Å². The molecule has 6 aromatic rings. The third kappa shape index (κ3) is 19.3. The van der Waals surface area contributed by atoms with E-state index in [-0.39, 0.29) is 106 Å². The number of hydrogen-bond donors (Lipinski definition) is 2. The number of fused-ring (bicyclic) bond motifs is 2. The molecule has 0 radical (unpaired) electrons. The second-order valence-corrected chi connectivity index (χ2v) is 25.8. The number of nitrogens with one attached hydrogen (secondary N) is 1. The second-order valence-electron chi connectivity index (χ2n) is 25.8. The van der Waals surface area contributed by atoms with E-state index in [2.05, 4.69) is 27.2 Å². The summed E-state index contributed by atoms with van der Waals surface area (Å²) in [5.74, 6) is -1.96. The Morgan fingerprint density at radius 2 is 1.26 bits per heavy atom. The highest BCUT2D eigenvalue weighted by molar-refractivity contribution is 5.96. The molecule has 0 unspecified atom stereocenters. The van der Waals surface area contributed by atoms with Crippen molar-refractivity contribution in [2.45, 2.75) is 99.7 Å². The van der Waals surface area contributed by atoms with Crippen LogP contribution in [0.25, 0.3) is 11.1 Å². The van der Waals surface area contributed by atoms with Crippen molar-refractivity contribution in [1.29, 1.82) is 0 Å². The van der Waals surface area contributed by atoms with Crippen LogP contribution in [-0.2, 0) is 48.9 Å². The number of nitrogens with zero attached hydrogens (tertiary/aromatic N) is 7. The van der Waals surface area contributed by atoms with Crippen LogP contribution < -0.4 is 10.2 Å². The fourth-order valence-corrected chi connectivity index (χ4v) is 13.9. The molecule has 3 saturated heterocycles.